The average Bonchev–Trinajstić information content (AvgIpc) is 2.87. The van der Waals surface area contributed by atoms with Crippen LogP contribution in [0.3, 0.4) is 0 Å². The zero-order valence-electron chi connectivity index (χ0n) is 12.3. The van der Waals surface area contributed by atoms with E-state index in [1.165, 1.54) is 16.7 Å². The summed E-state index contributed by atoms with van der Waals surface area (Å²) >= 11 is 0. The van der Waals surface area contributed by atoms with Crippen molar-refractivity contribution in [2.75, 3.05) is 13.1 Å². The first-order valence-electron chi connectivity index (χ1n) is 7.01. The molecule has 118 valence electrons. The Balaban J connectivity index is 2.12. The molecule has 8 heteroatoms. The molecule has 21 heavy (non-hydrogen) atoms. The summed E-state index contributed by atoms with van der Waals surface area (Å²) < 4.78 is 27.6. The minimum absolute atomic E-state index is 0.0591. The molecular formula is C13H21N3O4S. The van der Waals surface area contributed by atoms with E-state index in [4.69, 9.17) is 5.11 Å². The number of carboxylic acid groups (broad SMARTS) is 1. The standard InChI is InChI=1S/C13H21N3O4S/c1-3-13(2)4-6-16(7-5-13)21(19,20)11-8-14-15(9-11)10-12(17)18/h8-9H,3-7,10H2,1-2H3,(H,17,18). The van der Waals surface area contributed by atoms with E-state index in [9.17, 15) is 13.2 Å². The lowest BCUT2D eigenvalue weighted by Gasteiger charge is -2.37. The molecule has 7 nitrogen and oxygen atoms in total. The molecule has 0 unspecified atom stereocenters. The Labute approximate surface area is 124 Å². The third-order valence-electron chi connectivity index (χ3n) is 4.33. The van der Waals surface area contributed by atoms with Gasteiger partial charge in [-0.05, 0) is 18.3 Å². The van der Waals surface area contributed by atoms with E-state index < -0.39 is 16.0 Å². The van der Waals surface area contributed by atoms with Crippen LogP contribution in [0.2, 0.25) is 0 Å². The molecule has 1 aromatic heterocycles. The number of aromatic nitrogens is 2. The van der Waals surface area contributed by atoms with Gasteiger partial charge in [0.25, 0.3) is 0 Å². The van der Waals surface area contributed by atoms with Crippen molar-refractivity contribution in [3.8, 4) is 0 Å². The van der Waals surface area contributed by atoms with Crippen LogP contribution in [0.4, 0.5) is 0 Å². The molecule has 1 aliphatic heterocycles. The molecule has 0 aliphatic carbocycles. The minimum atomic E-state index is -3.58. The topological polar surface area (TPSA) is 92.5 Å². The van der Waals surface area contributed by atoms with Gasteiger partial charge >= 0.3 is 5.97 Å². The van der Waals surface area contributed by atoms with Crippen molar-refractivity contribution in [3.05, 3.63) is 12.4 Å². The van der Waals surface area contributed by atoms with Gasteiger partial charge in [-0.3, -0.25) is 9.48 Å². The van der Waals surface area contributed by atoms with E-state index in [0.717, 1.165) is 23.9 Å². The van der Waals surface area contributed by atoms with E-state index in [2.05, 4.69) is 18.9 Å². The molecule has 0 atom stereocenters. The third-order valence-corrected chi connectivity index (χ3v) is 6.18. The van der Waals surface area contributed by atoms with Gasteiger partial charge in [-0.1, -0.05) is 20.3 Å². The van der Waals surface area contributed by atoms with Crippen LogP contribution in [-0.4, -0.2) is 46.7 Å². The van der Waals surface area contributed by atoms with Gasteiger partial charge in [-0.25, -0.2) is 8.42 Å². The van der Waals surface area contributed by atoms with Crippen LogP contribution in [0.15, 0.2) is 17.3 Å². The summed E-state index contributed by atoms with van der Waals surface area (Å²) in [5.74, 6) is -1.06. The van der Waals surface area contributed by atoms with Crippen LogP contribution >= 0.6 is 0 Å². The molecule has 0 saturated carbocycles. The second kappa shape index (κ2) is 5.76. The normalized spacial score (nSPS) is 19.5. The van der Waals surface area contributed by atoms with Crippen LogP contribution in [0.25, 0.3) is 0 Å². The van der Waals surface area contributed by atoms with Gasteiger partial charge in [0.2, 0.25) is 10.0 Å². The summed E-state index contributed by atoms with van der Waals surface area (Å²) in [5.41, 5.74) is 0.208. The Hall–Kier alpha value is -1.41. The summed E-state index contributed by atoms with van der Waals surface area (Å²) in [6.45, 7) is 4.96. The Morgan fingerprint density at radius 1 is 1.43 bits per heavy atom. The van der Waals surface area contributed by atoms with Gasteiger partial charge in [0.15, 0.2) is 0 Å². The van der Waals surface area contributed by atoms with Gasteiger partial charge < -0.3 is 5.11 Å². The number of carboxylic acids is 1. The molecule has 0 bridgehead atoms. The number of sulfonamides is 1. The second-order valence-corrected chi connectivity index (χ2v) is 7.77. The monoisotopic (exact) mass is 315 g/mol. The van der Waals surface area contributed by atoms with Crippen molar-refractivity contribution in [2.24, 2.45) is 5.41 Å². The quantitative estimate of drug-likeness (QED) is 0.880. The summed E-state index contributed by atoms with van der Waals surface area (Å²) in [6, 6.07) is 0. The lowest BCUT2D eigenvalue weighted by atomic mass is 9.79. The van der Waals surface area contributed by atoms with Crippen molar-refractivity contribution in [1.82, 2.24) is 14.1 Å². The largest absolute Gasteiger partial charge is 0.480 e. The fourth-order valence-corrected chi connectivity index (χ4v) is 3.87. The SMILES string of the molecule is CCC1(C)CCN(S(=O)(=O)c2cnn(CC(=O)O)c2)CC1. The summed E-state index contributed by atoms with van der Waals surface area (Å²) in [7, 11) is -3.58. The molecule has 1 aromatic rings. The highest BCUT2D eigenvalue weighted by Gasteiger charge is 2.34. The zero-order valence-corrected chi connectivity index (χ0v) is 13.1. The van der Waals surface area contributed by atoms with Crippen molar-refractivity contribution in [3.63, 3.8) is 0 Å². The van der Waals surface area contributed by atoms with Crippen molar-refractivity contribution in [1.29, 1.82) is 0 Å². The van der Waals surface area contributed by atoms with Gasteiger partial charge in [0.1, 0.15) is 11.4 Å². The van der Waals surface area contributed by atoms with Crippen LogP contribution in [0, 0.1) is 5.41 Å². The van der Waals surface area contributed by atoms with Gasteiger partial charge in [0.05, 0.1) is 6.20 Å². The Bertz CT molecular complexity index is 615. The van der Waals surface area contributed by atoms with Gasteiger partial charge in [0, 0.05) is 19.3 Å². The van der Waals surface area contributed by atoms with Crippen molar-refractivity contribution < 1.29 is 18.3 Å². The molecule has 2 heterocycles. The maximum absolute atomic E-state index is 12.5. The minimum Gasteiger partial charge on any atom is -0.480 e. The fourth-order valence-electron chi connectivity index (χ4n) is 2.47. The van der Waals surface area contributed by atoms with Crippen LogP contribution in [0.5, 0.6) is 0 Å². The van der Waals surface area contributed by atoms with Crippen LogP contribution in [0.1, 0.15) is 33.1 Å². The maximum atomic E-state index is 12.5. The third kappa shape index (κ3) is 3.44. The van der Waals surface area contributed by atoms with E-state index in [1.807, 2.05) is 0 Å². The Kier molecular flexibility index (Phi) is 4.38. The highest BCUT2D eigenvalue weighted by Crippen LogP contribution is 2.35. The predicted molar refractivity (Wildman–Crippen MR) is 76.3 cm³/mol. The lowest BCUT2D eigenvalue weighted by Crippen LogP contribution is -2.41. The highest BCUT2D eigenvalue weighted by molar-refractivity contribution is 7.89. The molecule has 0 amide bonds. The average molecular weight is 315 g/mol. The van der Waals surface area contributed by atoms with Crippen molar-refractivity contribution >= 4 is 16.0 Å². The first-order chi connectivity index (χ1) is 9.77. The Morgan fingerprint density at radius 2 is 2.05 bits per heavy atom. The highest BCUT2D eigenvalue weighted by atomic mass is 32.2. The van der Waals surface area contributed by atoms with Crippen molar-refractivity contribution in [2.45, 2.75) is 44.6 Å². The smallest absolute Gasteiger partial charge is 0.325 e. The van der Waals surface area contributed by atoms with E-state index in [1.54, 1.807) is 0 Å². The number of hydrogen-bond donors (Lipinski definition) is 1. The maximum Gasteiger partial charge on any atom is 0.325 e. The van der Waals surface area contributed by atoms with E-state index >= 15 is 0 Å². The first-order valence-corrected chi connectivity index (χ1v) is 8.45. The number of carbonyl (C=O) groups is 1. The predicted octanol–water partition coefficient (Wildman–Crippen LogP) is 1.17. The number of rotatable bonds is 5. The van der Waals surface area contributed by atoms with E-state index in [-0.39, 0.29) is 16.9 Å². The van der Waals surface area contributed by atoms with E-state index in [0.29, 0.717) is 13.1 Å². The van der Waals surface area contributed by atoms with Gasteiger partial charge in [-0.15, -0.1) is 0 Å². The molecule has 1 saturated heterocycles. The van der Waals surface area contributed by atoms with Crippen LogP contribution in [-0.2, 0) is 21.4 Å². The lowest BCUT2D eigenvalue weighted by molar-refractivity contribution is -0.137. The summed E-state index contributed by atoms with van der Waals surface area (Å²) in [5, 5.41) is 12.5. The number of hydrogen-bond acceptors (Lipinski definition) is 4. The summed E-state index contributed by atoms with van der Waals surface area (Å²) in [6.07, 6.45) is 5.21. The Morgan fingerprint density at radius 3 is 2.57 bits per heavy atom. The molecule has 0 aromatic carbocycles. The number of aliphatic carboxylic acids is 1. The molecule has 2 rings (SSSR count). The summed E-state index contributed by atoms with van der Waals surface area (Å²) in [4.78, 5) is 10.7. The number of nitrogens with zero attached hydrogens (tertiary/aromatic N) is 3. The first kappa shape index (κ1) is 16.0. The molecule has 0 spiro atoms. The molecule has 1 N–H and O–H groups in total. The second-order valence-electron chi connectivity index (χ2n) is 5.84. The molecular weight excluding hydrogens is 294 g/mol. The zero-order chi connectivity index (χ0) is 15.7. The van der Waals surface area contributed by atoms with Gasteiger partial charge in [-0.2, -0.15) is 9.40 Å². The fraction of sp³-hybridized carbons (Fsp3) is 0.692. The molecule has 0 radical (unpaired) electrons. The molecule has 1 aliphatic rings. The van der Waals surface area contributed by atoms with Crippen LogP contribution < -0.4 is 0 Å². The number of piperidine rings is 1. The molecule has 1 fully saturated rings.